The Labute approximate surface area is 103 Å². The number of nitrogens with zero attached hydrogens (tertiary/aromatic N) is 4. The van der Waals surface area contributed by atoms with E-state index < -0.39 is 5.97 Å². The molecule has 0 radical (unpaired) electrons. The van der Waals surface area contributed by atoms with Crippen molar-refractivity contribution in [3.05, 3.63) is 30.4 Å². The number of hydrogen-bond donors (Lipinski definition) is 0. The first-order valence-corrected chi connectivity index (χ1v) is 5.34. The summed E-state index contributed by atoms with van der Waals surface area (Å²) in [6.07, 6.45) is 1.39. The number of methoxy groups -OCH3 is 1. The quantitative estimate of drug-likeness (QED) is 0.746. The highest BCUT2D eigenvalue weighted by molar-refractivity contribution is 5.84. The molecule has 0 unspecified atom stereocenters. The molecule has 2 aromatic rings. The predicted molar refractivity (Wildman–Crippen MR) is 61.7 cm³/mol. The fourth-order valence-electron chi connectivity index (χ4n) is 1.32. The lowest BCUT2D eigenvalue weighted by Crippen LogP contribution is -2.06. The van der Waals surface area contributed by atoms with Crippen LogP contribution in [0.15, 0.2) is 24.5 Å². The van der Waals surface area contributed by atoms with Crippen molar-refractivity contribution in [3.63, 3.8) is 0 Å². The third-order valence-electron chi connectivity index (χ3n) is 2.10. The number of ether oxygens (including phenoxy) is 2. The standard InChI is InChI=1S/C11H12N4O3/c1-3-18-9-6-4-5-8(13-9)15-7-12-10(14-15)11(16)17-2/h4-7H,3H2,1-2H3. The number of carbonyl (C=O) groups is 1. The van der Waals surface area contributed by atoms with E-state index >= 15 is 0 Å². The number of esters is 1. The number of hydrogen-bond acceptors (Lipinski definition) is 6. The summed E-state index contributed by atoms with van der Waals surface area (Å²) >= 11 is 0. The summed E-state index contributed by atoms with van der Waals surface area (Å²) in [5.41, 5.74) is 0. The molecule has 0 aliphatic rings. The van der Waals surface area contributed by atoms with Gasteiger partial charge < -0.3 is 9.47 Å². The molecule has 0 amide bonds. The largest absolute Gasteiger partial charge is 0.478 e. The van der Waals surface area contributed by atoms with E-state index in [4.69, 9.17) is 4.74 Å². The molecule has 0 bridgehead atoms. The maximum atomic E-state index is 11.2. The second kappa shape index (κ2) is 5.26. The molecule has 0 saturated heterocycles. The molecule has 0 aliphatic carbocycles. The van der Waals surface area contributed by atoms with E-state index in [9.17, 15) is 4.79 Å². The van der Waals surface area contributed by atoms with Crippen LogP contribution in [0.1, 0.15) is 17.5 Å². The van der Waals surface area contributed by atoms with Gasteiger partial charge in [-0.3, -0.25) is 0 Å². The van der Waals surface area contributed by atoms with Crippen LogP contribution in [-0.2, 0) is 4.74 Å². The first-order chi connectivity index (χ1) is 8.74. The van der Waals surface area contributed by atoms with Crippen molar-refractivity contribution < 1.29 is 14.3 Å². The van der Waals surface area contributed by atoms with Crippen molar-refractivity contribution in [3.8, 4) is 11.7 Å². The second-order valence-electron chi connectivity index (χ2n) is 3.27. The molecule has 0 aromatic carbocycles. The normalized spacial score (nSPS) is 10.1. The Balaban J connectivity index is 2.28. The van der Waals surface area contributed by atoms with E-state index in [1.807, 2.05) is 6.92 Å². The van der Waals surface area contributed by atoms with Crippen molar-refractivity contribution >= 4 is 5.97 Å². The predicted octanol–water partition coefficient (Wildman–Crippen LogP) is 0.848. The first kappa shape index (κ1) is 12.0. The molecule has 0 saturated carbocycles. The van der Waals surface area contributed by atoms with Gasteiger partial charge in [0.2, 0.25) is 5.88 Å². The van der Waals surface area contributed by atoms with Crippen molar-refractivity contribution in [2.75, 3.05) is 13.7 Å². The van der Waals surface area contributed by atoms with Gasteiger partial charge in [-0.1, -0.05) is 6.07 Å². The molecule has 2 rings (SSSR count). The Morgan fingerprint density at radius 2 is 2.28 bits per heavy atom. The highest BCUT2D eigenvalue weighted by atomic mass is 16.5. The fraction of sp³-hybridized carbons (Fsp3) is 0.273. The van der Waals surface area contributed by atoms with Crippen molar-refractivity contribution in [2.45, 2.75) is 6.92 Å². The van der Waals surface area contributed by atoms with E-state index in [1.165, 1.54) is 18.1 Å². The van der Waals surface area contributed by atoms with E-state index in [0.29, 0.717) is 18.3 Å². The first-order valence-electron chi connectivity index (χ1n) is 5.34. The Bertz CT molecular complexity index is 553. The molecule has 0 fully saturated rings. The van der Waals surface area contributed by atoms with Crippen molar-refractivity contribution in [2.24, 2.45) is 0 Å². The van der Waals surface area contributed by atoms with Gasteiger partial charge in [-0.05, 0) is 13.0 Å². The molecule has 0 spiro atoms. The van der Waals surface area contributed by atoms with Gasteiger partial charge in [0, 0.05) is 6.07 Å². The zero-order valence-electron chi connectivity index (χ0n) is 10.0. The molecule has 0 aliphatic heterocycles. The molecule has 0 atom stereocenters. The lowest BCUT2D eigenvalue weighted by Gasteiger charge is -2.03. The van der Waals surface area contributed by atoms with Crippen LogP contribution in [0.4, 0.5) is 0 Å². The fourth-order valence-corrected chi connectivity index (χ4v) is 1.32. The van der Waals surface area contributed by atoms with E-state index in [0.717, 1.165) is 0 Å². The molecule has 94 valence electrons. The van der Waals surface area contributed by atoms with Gasteiger partial charge in [-0.2, -0.15) is 4.98 Å². The van der Waals surface area contributed by atoms with E-state index in [1.54, 1.807) is 18.2 Å². The Morgan fingerprint density at radius 1 is 1.44 bits per heavy atom. The highest BCUT2D eigenvalue weighted by Crippen LogP contribution is 2.10. The average molecular weight is 248 g/mol. The van der Waals surface area contributed by atoms with E-state index in [2.05, 4.69) is 19.8 Å². The molecule has 7 heteroatoms. The molecule has 7 nitrogen and oxygen atoms in total. The zero-order chi connectivity index (χ0) is 13.0. The number of carbonyl (C=O) groups excluding carboxylic acids is 1. The summed E-state index contributed by atoms with van der Waals surface area (Å²) in [6, 6.07) is 5.26. The summed E-state index contributed by atoms with van der Waals surface area (Å²) in [7, 11) is 1.27. The van der Waals surface area contributed by atoms with Crippen LogP contribution in [0.25, 0.3) is 5.82 Å². The molecule has 2 aromatic heterocycles. The van der Waals surface area contributed by atoms with E-state index in [-0.39, 0.29) is 5.82 Å². The molecular formula is C11H12N4O3. The minimum atomic E-state index is -0.588. The molecular weight excluding hydrogens is 236 g/mol. The van der Waals surface area contributed by atoms with Crippen molar-refractivity contribution in [1.29, 1.82) is 0 Å². The summed E-state index contributed by atoms with van der Waals surface area (Å²) in [6.45, 7) is 2.40. The summed E-state index contributed by atoms with van der Waals surface area (Å²) in [5, 5.41) is 3.97. The number of aromatic nitrogens is 4. The average Bonchev–Trinajstić information content (AvgIpc) is 2.88. The Hall–Kier alpha value is -2.44. The SMILES string of the molecule is CCOc1cccc(-n2cnc(C(=O)OC)n2)n1. The molecule has 18 heavy (non-hydrogen) atoms. The van der Waals surface area contributed by atoms with Gasteiger partial charge in [0.1, 0.15) is 6.33 Å². The van der Waals surface area contributed by atoms with Gasteiger partial charge in [-0.15, -0.1) is 5.10 Å². The Kier molecular flexibility index (Phi) is 3.52. The van der Waals surface area contributed by atoms with Gasteiger partial charge in [0.25, 0.3) is 5.82 Å². The smallest absolute Gasteiger partial charge is 0.377 e. The number of rotatable bonds is 4. The third-order valence-corrected chi connectivity index (χ3v) is 2.10. The van der Waals surface area contributed by atoms with Gasteiger partial charge >= 0.3 is 5.97 Å². The summed E-state index contributed by atoms with van der Waals surface area (Å²) < 4.78 is 11.2. The van der Waals surface area contributed by atoms with Crippen LogP contribution in [0.3, 0.4) is 0 Å². The van der Waals surface area contributed by atoms with Gasteiger partial charge in [0.15, 0.2) is 5.82 Å². The maximum Gasteiger partial charge on any atom is 0.377 e. The number of pyridine rings is 1. The lowest BCUT2D eigenvalue weighted by atomic mass is 10.4. The van der Waals surface area contributed by atoms with Crippen LogP contribution in [0.5, 0.6) is 5.88 Å². The Morgan fingerprint density at radius 3 is 3.00 bits per heavy atom. The van der Waals surface area contributed by atoms with Crippen LogP contribution < -0.4 is 4.74 Å². The monoisotopic (exact) mass is 248 g/mol. The third kappa shape index (κ3) is 2.45. The maximum absolute atomic E-state index is 11.2. The topological polar surface area (TPSA) is 79.1 Å². The zero-order valence-corrected chi connectivity index (χ0v) is 10.0. The second-order valence-corrected chi connectivity index (χ2v) is 3.27. The minimum absolute atomic E-state index is 0.0129. The van der Waals surface area contributed by atoms with Gasteiger partial charge in [0.05, 0.1) is 13.7 Å². The molecule has 0 N–H and O–H groups in total. The van der Waals surface area contributed by atoms with Crippen molar-refractivity contribution in [1.82, 2.24) is 19.7 Å². The summed E-state index contributed by atoms with van der Waals surface area (Å²) in [5.74, 6) is 0.407. The minimum Gasteiger partial charge on any atom is -0.478 e. The van der Waals surface area contributed by atoms with Crippen LogP contribution in [0, 0.1) is 0 Å². The van der Waals surface area contributed by atoms with Gasteiger partial charge in [-0.25, -0.2) is 14.5 Å². The van der Waals surface area contributed by atoms with Crippen LogP contribution in [-0.4, -0.2) is 39.4 Å². The van der Waals surface area contributed by atoms with Crippen LogP contribution in [0.2, 0.25) is 0 Å². The molecule has 2 heterocycles. The lowest BCUT2D eigenvalue weighted by molar-refractivity contribution is 0.0587. The summed E-state index contributed by atoms with van der Waals surface area (Å²) in [4.78, 5) is 19.3. The van der Waals surface area contributed by atoms with Crippen LogP contribution >= 0.6 is 0 Å². The highest BCUT2D eigenvalue weighted by Gasteiger charge is 2.12.